The van der Waals surface area contributed by atoms with Crippen molar-refractivity contribution in [3.8, 4) is 0 Å². The van der Waals surface area contributed by atoms with Crippen molar-refractivity contribution in [3.05, 3.63) is 35.4 Å². The van der Waals surface area contributed by atoms with E-state index in [9.17, 15) is 14.7 Å². The maximum Gasteiger partial charge on any atom is 0.254 e. The number of carbonyl (C=O) groups excluding carboxylic acids is 2. The molecule has 2 amide bonds. The zero-order valence-corrected chi connectivity index (χ0v) is 18.6. The highest BCUT2D eigenvalue weighted by Gasteiger charge is 2.38. The number of amides is 2. The van der Waals surface area contributed by atoms with Crippen LogP contribution >= 0.6 is 0 Å². The van der Waals surface area contributed by atoms with E-state index in [1.165, 1.54) is 31.2 Å². The molecule has 0 radical (unpaired) electrons. The molecule has 31 heavy (non-hydrogen) atoms. The molecule has 6 nitrogen and oxygen atoms in total. The number of likely N-dealkylation sites (tertiary alicyclic amines) is 2. The van der Waals surface area contributed by atoms with Gasteiger partial charge in [0.2, 0.25) is 0 Å². The van der Waals surface area contributed by atoms with Gasteiger partial charge in [-0.25, -0.2) is 0 Å². The molecule has 2 aliphatic heterocycles. The SMILES string of the molecule is O=C(NC1CCCCC1)C(O)C1CCCN1C(=O)c1ccc(CN2CCCCC2)cc1. The van der Waals surface area contributed by atoms with E-state index >= 15 is 0 Å². The Hall–Kier alpha value is -1.92. The van der Waals surface area contributed by atoms with Gasteiger partial charge in [-0.3, -0.25) is 14.5 Å². The fourth-order valence-electron chi connectivity index (χ4n) is 5.38. The molecule has 2 N–H and O–H groups in total. The van der Waals surface area contributed by atoms with Crippen LogP contribution in [0.1, 0.15) is 80.1 Å². The van der Waals surface area contributed by atoms with Crippen LogP contribution in [-0.2, 0) is 11.3 Å². The number of piperidine rings is 1. The highest BCUT2D eigenvalue weighted by molar-refractivity contribution is 5.95. The quantitative estimate of drug-likeness (QED) is 0.732. The summed E-state index contributed by atoms with van der Waals surface area (Å²) in [6, 6.07) is 7.59. The lowest BCUT2D eigenvalue weighted by Gasteiger charge is -2.30. The Kier molecular flexibility index (Phi) is 7.62. The number of hydrogen-bond acceptors (Lipinski definition) is 4. The first-order valence-corrected chi connectivity index (χ1v) is 12.2. The average molecular weight is 428 g/mol. The smallest absolute Gasteiger partial charge is 0.254 e. The van der Waals surface area contributed by atoms with E-state index in [0.29, 0.717) is 18.5 Å². The largest absolute Gasteiger partial charge is 0.381 e. The number of aliphatic hydroxyl groups is 1. The summed E-state index contributed by atoms with van der Waals surface area (Å²) in [4.78, 5) is 30.0. The lowest BCUT2D eigenvalue weighted by molar-refractivity contribution is -0.132. The third-order valence-electron chi connectivity index (χ3n) is 7.20. The van der Waals surface area contributed by atoms with Crippen LogP contribution in [-0.4, -0.2) is 64.5 Å². The van der Waals surface area contributed by atoms with Gasteiger partial charge in [0.1, 0.15) is 0 Å². The van der Waals surface area contributed by atoms with Crippen LogP contribution in [0.3, 0.4) is 0 Å². The van der Waals surface area contributed by atoms with Crippen LogP contribution in [0.5, 0.6) is 0 Å². The Labute approximate surface area is 186 Å². The second-order valence-electron chi connectivity index (χ2n) is 9.53. The van der Waals surface area contributed by atoms with Crippen LogP contribution in [0.4, 0.5) is 0 Å². The van der Waals surface area contributed by atoms with Gasteiger partial charge in [0.05, 0.1) is 6.04 Å². The summed E-state index contributed by atoms with van der Waals surface area (Å²) in [6.45, 7) is 3.82. The van der Waals surface area contributed by atoms with Crippen molar-refractivity contribution >= 4 is 11.8 Å². The fourth-order valence-corrected chi connectivity index (χ4v) is 5.38. The van der Waals surface area contributed by atoms with Gasteiger partial charge in [-0.1, -0.05) is 37.8 Å². The van der Waals surface area contributed by atoms with Crippen LogP contribution < -0.4 is 5.32 Å². The van der Waals surface area contributed by atoms with Crippen molar-refractivity contribution in [3.63, 3.8) is 0 Å². The first-order chi connectivity index (χ1) is 15.1. The summed E-state index contributed by atoms with van der Waals surface area (Å²) >= 11 is 0. The average Bonchev–Trinajstić information content (AvgIpc) is 3.30. The summed E-state index contributed by atoms with van der Waals surface area (Å²) in [6.07, 6.45) is 9.62. The number of aliphatic hydroxyl groups excluding tert-OH is 1. The maximum absolute atomic E-state index is 13.1. The number of nitrogens with zero attached hydrogens (tertiary/aromatic N) is 2. The van der Waals surface area contributed by atoms with Gasteiger partial charge < -0.3 is 15.3 Å². The lowest BCUT2D eigenvalue weighted by atomic mass is 9.95. The maximum atomic E-state index is 13.1. The minimum Gasteiger partial charge on any atom is -0.381 e. The Morgan fingerprint density at radius 1 is 0.903 bits per heavy atom. The second-order valence-corrected chi connectivity index (χ2v) is 9.53. The van der Waals surface area contributed by atoms with E-state index in [1.54, 1.807) is 4.90 Å². The van der Waals surface area contributed by atoms with E-state index in [-0.39, 0.29) is 17.9 Å². The summed E-state index contributed by atoms with van der Waals surface area (Å²) in [5, 5.41) is 13.7. The predicted molar refractivity (Wildman–Crippen MR) is 121 cm³/mol. The third-order valence-corrected chi connectivity index (χ3v) is 7.20. The van der Waals surface area contributed by atoms with Crippen molar-refractivity contribution in [1.82, 2.24) is 15.1 Å². The number of hydrogen-bond donors (Lipinski definition) is 2. The number of nitrogens with one attached hydrogen (secondary N) is 1. The van der Waals surface area contributed by atoms with Gasteiger partial charge >= 0.3 is 0 Å². The number of carbonyl (C=O) groups is 2. The zero-order chi connectivity index (χ0) is 21.6. The fraction of sp³-hybridized carbons (Fsp3) is 0.680. The standard InChI is InChI=1S/C25H37N3O3/c29-23(24(30)26-21-8-3-1-4-9-21)22-10-7-17-28(22)25(31)20-13-11-19(12-14-20)18-27-15-5-2-6-16-27/h11-14,21-23,29H,1-10,15-18H2,(H,26,30). The van der Waals surface area contributed by atoms with Gasteiger partial charge in [0, 0.05) is 24.7 Å². The Morgan fingerprint density at radius 3 is 2.29 bits per heavy atom. The molecule has 0 bridgehead atoms. The second kappa shape index (κ2) is 10.6. The van der Waals surface area contributed by atoms with Crippen LogP contribution in [0, 0.1) is 0 Å². The van der Waals surface area contributed by atoms with E-state index in [1.807, 2.05) is 24.3 Å². The molecule has 170 valence electrons. The van der Waals surface area contributed by atoms with Crippen molar-refractivity contribution < 1.29 is 14.7 Å². The molecule has 1 saturated carbocycles. The van der Waals surface area contributed by atoms with Crippen molar-refractivity contribution in [2.75, 3.05) is 19.6 Å². The molecule has 6 heteroatoms. The molecule has 4 rings (SSSR count). The molecular formula is C25H37N3O3. The van der Waals surface area contributed by atoms with Gasteiger partial charge in [-0.2, -0.15) is 0 Å². The van der Waals surface area contributed by atoms with Crippen molar-refractivity contribution in [2.24, 2.45) is 0 Å². The molecule has 2 heterocycles. The molecule has 1 aromatic carbocycles. The van der Waals surface area contributed by atoms with Crippen LogP contribution in [0.15, 0.2) is 24.3 Å². The van der Waals surface area contributed by atoms with Gasteiger partial charge in [0.25, 0.3) is 11.8 Å². The van der Waals surface area contributed by atoms with Crippen molar-refractivity contribution in [2.45, 2.75) is 88.9 Å². The third kappa shape index (κ3) is 5.66. The Bertz CT molecular complexity index is 739. The van der Waals surface area contributed by atoms with Gasteiger partial charge in [0.15, 0.2) is 6.10 Å². The van der Waals surface area contributed by atoms with Gasteiger partial charge in [-0.05, 0) is 69.3 Å². The van der Waals surface area contributed by atoms with Crippen LogP contribution in [0.2, 0.25) is 0 Å². The molecule has 2 atom stereocenters. The monoisotopic (exact) mass is 427 g/mol. The highest BCUT2D eigenvalue weighted by atomic mass is 16.3. The van der Waals surface area contributed by atoms with E-state index in [2.05, 4.69) is 10.2 Å². The van der Waals surface area contributed by atoms with E-state index < -0.39 is 12.1 Å². The summed E-state index contributed by atoms with van der Waals surface area (Å²) in [5.74, 6) is -0.412. The first kappa shape index (κ1) is 22.3. The molecule has 3 aliphatic rings. The Balaban J connectivity index is 1.34. The molecule has 3 fully saturated rings. The highest BCUT2D eigenvalue weighted by Crippen LogP contribution is 2.24. The Morgan fingerprint density at radius 2 is 1.58 bits per heavy atom. The zero-order valence-electron chi connectivity index (χ0n) is 18.6. The molecule has 1 aliphatic carbocycles. The molecule has 0 spiro atoms. The van der Waals surface area contributed by atoms with Crippen molar-refractivity contribution in [1.29, 1.82) is 0 Å². The summed E-state index contributed by atoms with van der Waals surface area (Å²) in [7, 11) is 0. The first-order valence-electron chi connectivity index (χ1n) is 12.2. The van der Waals surface area contributed by atoms with Gasteiger partial charge in [-0.15, -0.1) is 0 Å². The normalized spacial score (nSPS) is 24.2. The summed E-state index contributed by atoms with van der Waals surface area (Å²) in [5.41, 5.74) is 1.86. The molecule has 0 aromatic heterocycles. The predicted octanol–water partition coefficient (Wildman–Crippen LogP) is 3.09. The lowest BCUT2D eigenvalue weighted by Crippen LogP contribution is -2.52. The molecule has 2 unspecified atom stereocenters. The molecule has 1 aromatic rings. The van der Waals surface area contributed by atoms with Crippen LogP contribution in [0.25, 0.3) is 0 Å². The number of benzene rings is 1. The van der Waals surface area contributed by atoms with E-state index in [0.717, 1.165) is 51.7 Å². The minimum absolute atomic E-state index is 0.0865. The number of rotatable bonds is 6. The molecular weight excluding hydrogens is 390 g/mol. The summed E-state index contributed by atoms with van der Waals surface area (Å²) < 4.78 is 0. The topological polar surface area (TPSA) is 72.9 Å². The molecule has 2 saturated heterocycles. The van der Waals surface area contributed by atoms with E-state index in [4.69, 9.17) is 0 Å². The minimum atomic E-state index is -1.16.